The molecule has 0 saturated heterocycles. The number of carbonyl (C=O) groups excluding carboxylic acids is 1. The molecule has 0 aliphatic carbocycles. The third-order valence-corrected chi connectivity index (χ3v) is 5.22. The predicted molar refractivity (Wildman–Crippen MR) is 111 cm³/mol. The Kier molecular flexibility index (Phi) is 6.59. The van der Waals surface area contributed by atoms with E-state index in [0.29, 0.717) is 30.5 Å². The third kappa shape index (κ3) is 4.86. The number of aromatic nitrogens is 2. The van der Waals surface area contributed by atoms with Crippen LogP contribution in [0.15, 0.2) is 34.9 Å². The SMILES string of the molecule is CN=C(NCCNC(=O)c1scnc1C)NCCc1c[nH]c2cc(F)ccc12. The summed E-state index contributed by atoms with van der Waals surface area (Å²) in [5, 5.41) is 10.3. The average Bonchev–Trinajstić information content (AvgIpc) is 3.29. The lowest BCUT2D eigenvalue weighted by atomic mass is 10.1. The highest BCUT2D eigenvalue weighted by Gasteiger charge is 2.10. The summed E-state index contributed by atoms with van der Waals surface area (Å²) in [7, 11) is 1.70. The highest BCUT2D eigenvalue weighted by atomic mass is 32.1. The first-order chi connectivity index (χ1) is 13.6. The maximum Gasteiger partial charge on any atom is 0.263 e. The van der Waals surface area contributed by atoms with E-state index in [2.05, 4.69) is 30.9 Å². The van der Waals surface area contributed by atoms with Crippen molar-refractivity contribution in [3.8, 4) is 0 Å². The molecule has 148 valence electrons. The number of aliphatic imine (C=N–C) groups is 1. The zero-order chi connectivity index (χ0) is 19.9. The van der Waals surface area contributed by atoms with E-state index in [1.165, 1.54) is 23.5 Å². The Morgan fingerprint density at radius 1 is 1.25 bits per heavy atom. The zero-order valence-corrected chi connectivity index (χ0v) is 16.6. The molecule has 0 radical (unpaired) electrons. The quantitative estimate of drug-likeness (QED) is 0.277. The molecule has 0 fully saturated rings. The largest absolute Gasteiger partial charge is 0.361 e. The highest BCUT2D eigenvalue weighted by Crippen LogP contribution is 2.19. The second-order valence-corrected chi connectivity index (χ2v) is 7.06. The topological polar surface area (TPSA) is 94.2 Å². The summed E-state index contributed by atoms with van der Waals surface area (Å²) in [4.78, 5) is 24.0. The lowest BCUT2D eigenvalue weighted by molar-refractivity contribution is 0.0957. The van der Waals surface area contributed by atoms with Crippen LogP contribution >= 0.6 is 11.3 Å². The van der Waals surface area contributed by atoms with Gasteiger partial charge in [-0.3, -0.25) is 9.79 Å². The summed E-state index contributed by atoms with van der Waals surface area (Å²) >= 11 is 1.33. The first kappa shape index (κ1) is 19.8. The van der Waals surface area contributed by atoms with Gasteiger partial charge in [0.25, 0.3) is 5.91 Å². The fraction of sp³-hybridized carbons (Fsp3) is 0.316. The number of carbonyl (C=O) groups is 1. The van der Waals surface area contributed by atoms with Gasteiger partial charge in [-0.05, 0) is 37.1 Å². The molecule has 9 heteroatoms. The number of nitrogens with zero attached hydrogens (tertiary/aromatic N) is 2. The first-order valence-electron chi connectivity index (χ1n) is 8.97. The van der Waals surface area contributed by atoms with Gasteiger partial charge >= 0.3 is 0 Å². The molecule has 0 aliphatic rings. The minimum atomic E-state index is -0.249. The van der Waals surface area contributed by atoms with Gasteiger partial charge in [0.15, 0.2) is 5.96 Å². The van der Waals surface area contributed by atoms with Crippen LogP contribution in [0.5, 0.6) is 0 Å². The van der Waals surface area contributed by atoms with E-state index in [1.54, 1.807) is 18.6 Å². The molecule has 0 saturated carbocycles. The van der Waals surface area contributed by atoms with Crippen molar-refractivity contribution in [2.45, 2.75) is 13.3 Å². The third-order valence-electron chi connectivity index (χ3n) is 4.29. The number of hydrogen-bond donors (Lipinski definition) is 4. The van der Waals surface area contributed by atoms with Crippen LogP contribution in [0.4, 0.5) is 4.39 Å². The van der Waals surface area contributed by atoms with Crippen LogP contribution in [0, 0.1) is 12.7 Å². The Morgan fingerprint density at radius 2 is 2.04 bits per heavy atom. The first-order valence-corrected chi connectivity index (χ1v) is 9.84. The van der Waals surface area contributed by atoms with Gasteiger partial charge in [0, 0.05) is 43.8 Å². The summed E-state index contributed by atoms with van der Waals surface area (Å²) in [5.74, 6) is 0.302. The van der Waals surface area contributed by atoms with Crippen LogP contribution < -0.4 is 16.0 Å². The van der Waals surface area contributed by atoms with E-state index < -0.39 is 0 Å². The number of fused-ring (bicyclic) bond motifs is 1. The summed E-state index contributed by atoms with van der Waals surface area (Å²) in [6.45, 7) is 3.52. The van der Waals surface area contributed by atoms with Crippen molar-refractivity contribution >= 4 is 34.1 Å². The van der Waals surface area contributed by atoms with Gasteiger partial charge in [0.2, 0.25) is 0 Å². The van der Waals surface area contributed by atoms with E-state index in [1.807, 2.05) is 13.1 Å². The molecule has 0 bridgehead atoms. The van der Waals surface area contributed by atoms with Crippen LogP contribution in [-0.2, 0) is 6.42 Å². The number of halogens is 1. The van der Waals surface area contributed by atoms with Gasteiger partial charge in [-0.15, -0.1) is 11.3 Å². The molecule has 0 unspecified atom stereocenters. The van der Waals surface area contributed by atoms with Crippen LogP contribution in [0.3, 0.4) is 0 Å². The van der Waals surface area contributed by atoms with Crippen molar-refractivity contribution in [1.82, 2.24) is 25.9 Å². The van der Waals surface area contributed by atoms with Gasteiger partial charge in [-0.2, -0.15) is 0 Å². The summed E-state index contributed by atoms with van der Waals surface area (Å²) in [6, 6.07) is 4.75. The Balaban J connectivity index is 1.40. The number of hydrogen-bond acceptors (Lipinski definition) is 4. The minimum Gasteiger partial charge on any atom is -0.361 e. The number of guanidine groups is 1. The molecule has 0 spiro atoms. The van der Waals surface area contributed by atoms with Gasteiger partial charge in [0.1, 0.15) is 10.7 Å². The smallest absolute Gasteiger partial charge is 0.263 e. The molecule has 28 heavy (non-hydrogen) atoms. The standard InChI is InChI=1S/C19H23FN6OS/c1-12-17(28-11-26-12)18(27)22-7-8-24-19(21-2)23-6-5-13-10-25-16-9-14(20)3-4-15(13)16/h3-4,9-11,25H,5-8H2,1-2H3,(H,22,27)(H2,21,23,24). The fourth-order valence-electron chi connectivity index (χ4n) is 2.86. The molecule has 2 aromatic heterocycles. The second kappa shape index (κ2) is 9.32. The number of thiazole rings is 1. The van der Waals surface area contributed by atoms with Crippen LogP contribution in [-0.4, -0.2) is 48.5 Å². The number of nitrogens with one attached hydrogen (secondary N) is 4. The maximum atomic E-state index is 13.3. The molecule has 0 atom stereocenters. The normalized spacial score (nSPS) is 11.6. The van der Waals surface area contributed by atoms with Crippen LogP contribution in [0.1, 0.15) is 20.9 Å². The van der Waals surface area contributed by atoms with Gasteiger partial charge in [-0.25, -0.2) is 9.37 Å². The minimum absolute atomic E-state index is 0.111. The zero-order valence-electron chi connectivity index (χ0n) is 15.8. The van der Waals surface area contributed by atoms with Crippen molar-refractivity contribution in [2.75, 3.05) is 26.7 Å². The van der Waals surface area contributed by atoms with Gasteiger partial charge < -0.3 is 20.9 Å². The van der Waals surface area contributed by atoms with Crippen molar-refractivity contribution in [1.29, 1.82) is 0 Å². The molecule has 3 aromatic rings. The Hall–Kier alpha value is -2.94. The second-order valence-electron chi connectivity index (χ2n) is 6.20. The molecule has 4 N–H and O–H groups in total. The molecule has 1 aromatic carbocycles. The fourth-order valence-corrected chi connectivity index (χ4v) is 3.58. The summed E-state index contributed by atoms with van der Waals surface area (Å²) in [5.41, 5.74) is 4.32. The van der Waals surface area contributed by atoms with Gasteiger partial charge in [0.05, 0.1) is 11.2 Å². The van der Waals surface area contributed by atoms with E-state index >= 15 is 0 Å². The van der Waals surface area contributed by atoms with Crippen molar-refractivity contribution in [2.24, 2.45) is 4.99 Å². The molecule has 7 nitrogen and oxygen atoms in total. The van der Waals surface area contributed by atoms with Crippen molar-refractivity contribution in [3.05, 3.63) is 51.9 Å². The number of amides is 1. The molecule has 2 heterocycles. The number of rotatable bonds is 7. The summed E-state index contributed by atoms with van der Waals surface area (Å²) in [6.07, 6.45) is 2.67. The lowest BCUT2D eigenvalue weighted by Crippen LogP contribution is -2.42. The van der Waals surface area contributed by atoms with E-state index in [9.17, 15) is 9.18 Å². The molecule has 1 amide bonds. The Morgan fingerprint density at radius 3 is 2.79 bits per heavy atom. The lowest BCUT2D eigenvalue weighted by Gasteiger charge is -2.12. The van der Waals surface area contributed by atoms with E-state index in [0.717, 1.165) is 28.6 Å². The number of H-pyrrole nitrogens is 1. The van der Waals surface area contributed by atoms with Crippen molar-refractivity contribution in [3.63, 3.8) is 0 Å². The monoisotopic (exact) mass is 402 g/mol. The van der Waals surface area contributed by atoms with Crippen LogP contribution in [0.2, 0.25) is 0 Å². The average molecular weight is 402 g/mol. The van der Waals surface area contributed by atoms with E-state index in [4.69, 9.17) is 0 Å². The predicted octanol–water partition coefficient (Wildman–Crippen LogP) is 2.21. The van der Waals surface area contributed by atoms with Crippen LogP contribution in [0.25, 0.3) is 10.9 Å². The summed E-state index contributed by atoms with van der Waals surface area (Å²) < 4.78 is 13.3. The molecular formula is C19H23FN6OS. The molecule has 0 aliphatic heterocycles. The van der Waals surface area contributed by atoms with Crippen molar-refractivity contribution < 1.29 is 9.18 Å². The van der Waals surface area contributed by atoms with E-state index in [-0.39, 0.29) is 11.7 Å². The van der Waals surface area contributed by atoms with Gasteiger partial charge in [-0.1, -0.05) is 0 Å². The molecular weight excluding hydrogens is 379 g/mol. The maximum absolute atomic E-state index is 13.3. The Bertz CT molecular complexity index is 980. The molecule has 3 rings (SSSR count). The number of benzene rings is 1. The highest BCUT2D eigenvalue weighted by molar-refractivity contribution is 7.11. The Labute approximate surface area is 166 Å². The number of aromatic amines is 1. The number of aryl methyl sites for hydroxylation is 1.